The molecule has 0 aliphatic carbocycles. The molecule has 0 atom stereocenters. The number of thiophene rings is 1. The Hall–Kier alpha value is -2.70. The lowest BCUT2D eigenvalue weighted by molar-refractivity contribution is 0.0913. The van der Waals surface area contributed by atoms with Gasteiger partial charge in [0.2, 0.25) is 0 Å². The van der Waals surface area contributed by atoms with Gasteiger partial charge in [-0.2, -0.15) is 0 Å². The number of aromatic nitrogens is 1. The molecule has 0 spiro atoms. The van der Waals surface area contributed by atoms with Crippen LogP contribution in [0.4, 0.5) is 0 Å². The van der Waals surface area contributed by atoms with Crippen LogP contribution in [0.3, 0.4) is 0 Å². The van der Waals surface area contributed by atoms with E-state index in [-0.39, 0.29) is 11.9 Å². The monoisotopic (exact) mass is 407 g/mol. The molecule has 29 heavy (non-hydrogen) atoms. The third-order valence-corrected chi connectivity index (χ3v) is 5.98. The summed E-state index contributed by atoms with van der Waals surface area (Å²) in [6, 6.07) is 18.2. The highest BCUT2D eigenvalue weighted by Gasteiger charge is 2.21. The molecule has 0 unspecified atom stereocenters. The molecule has 1 N–H and O–H groups in total. The second-order valence-corrected chi connectivity index (χ2v) is 8.20. The number of benzene rings is 1. The standard InChI is InChI=1S/C23H25N3O2S/c27-23(22-5-3-15-29-22)25-19-10-13-26(14-11-19)16-18-6-8-21(9-7-18)28-17-20-4-1-2-12-24-20/h1-9,12,15,19H,10-11,13-14,16-17H2,(H,25,27). The van der Waals surface area contributed by atoms with Crippen molar-refractivity contribution in [1.29, 1.82) is 0 Å². The fraction of sp³-hybridized carbons (Fsp3) is 0.304. The quantitative estimate of drug-likeness (QED) is 0.640. The molecule has 1 aliphatic rings. The van der Waals surface area contributed by atoms with Crippen molar-refractivity contribution in [2.24, 2.45) is 0 Å². The number of amides is 1. The van der Waals surface area contributed by atoms with Crippen LogP contribution in [-0.4, -0.2) is 34.9 Å². The minimum Gasteiger partial charge on any atom is -0.487 e. The van der Waals surface area contributed by atoms with Gasteiger partial charge in [0.05, 0.1) is 10.6 Å². The summed E-state index contributed by atoms with van der Waals surface area (Å²) in [4.78, 5) is 19.7. The van der Waals surface area contributed by atoms with E-state index in [0.717, 1.165) is 48.8 Å². The second kappa shape index (κ2) is 9.67. The summed E-state index contributed by atoms with van der Waals surface area (Å²) in [5.41, 5.74) is 2.20. The molecular weight excluding hydrogens is 382 g/mol. The summed E-state index contributed by atoms with van der Waals surface area (Å²) < 4.78 is 5.80. The highest BCUT2D eigenvalue weighted by Crippen LogP contribution is 2.18. The molecule has 2 aromatic heterocycles. The average molecular weight is 408 g/mol. The number of nitrogens with one attached hydrogen (secondary N) is 1. The molecule has 1 aliphatic heterocycles. The van der Waals surface area contributed by atoms with Gasteiger partial charge in [-0.3, -0.25) is 14.7 Å². The SMILES string of the molecule is O=C(NC1CCN(Cc2ccc(OCc3ccccn3)cc2)CC1)c1cccs1. The molecule has 1 aromatic carbocycles. The van der Waals surface area contributed by atoms with Gasteiger partial charge in [0.1, 0.15) is 12.4 Å². The van der Waals surface area contributed by atoms with Crippen molar-refractivity contribution in [3.63, 3.8) is 0 Å². The number of likely N-dealkylation sites (tertiary alicyclic amines) is 1. The largest absolute Gasteiger partial charge is 0.487 e. The van der Waals surface area contributed by atoms with Crippen molar-refractivity contribution in [2.45, 2.75) is 32.0 Å². The maximum absolute atomic E-state index is 12.2. The molecular formula is C23H25N3O2S. The minimum atomic E-state index is 0.0553. The molecule has 0 bridgehead atoms. The highest BCUT2D eigenvalue weighted by atomic mass is 32.1. The first kappa shape index (κ1) is 19.6. The van der Waals surface area contributed by atoms with Gasteiger partial charge >= 0.3 is 0 Å². The highest BCUT2D eigenvalue weighted by molar-refractivity contribution is 7.12. The van der Waals surface area contributed by atoms with Crippen molar-refractivity contribution in [2.75, 3.05) is 13.1 Å². The van der Waals surface area contributed by atoms with Gasteiger partial charge in [-0.15, -0.1) is 11.3 Å². The van der Waals surface area contributed by atoms with E-state index >= 15 is 0 Å². The molecule has 3 aromatic rings. The van der Waals surface area contributed by atoms with Crippen LogP contribution in [0.2, 0.25) is 0 Å². The topological polar surface area (TPSA) is 54.5 Å². The van der Waals surface area contributed by atoms with E-state index in [9.17, 15) is 4.79 Å². The summed E-state index contributed by atoms with van der Waals surface area (Å²) >= 11 is 1.49. The lowest BCUT2D eigenvalue weighted by atomic mass is 10.0. The van der Waals surface area contributed by atoms with Crippen LogP contribution in [0.5, 0.6) is 5.75 Å². The van der Waals surface area contributed by atoms with Crippen LogP contribution >= 0.6 is 11.3 Å². The number of nitrogens with zero attached hydrogens (tertiary/aromatic N) is 2. The Balaban J connectivity index is 1.20. The summed E-state index contributed by atoms with van der Waals surface area (Å²) in [5.74, 6) is 0.911. The number of hydrogen-bond acceptors (Lipinski definition) is 5. The van der Waals surface area contributed by atoms with Gasteiger partial charge in [-0.1, -0.05) is 24.3 Å². The maximum Gasteiger partial charge on any atom is 0.261 e. The van der Waals surface area contributed by atoms with Crippen LogP contribution in [0.1, 0.15) is 33.8 Å². The molecule has 6 heteroatoms. The van der Waals surface area contributed by atoms with Gasteiger partial charge in [0.15, 0.2) is 0 Å². The fourth-order valence-corrected chi connectivity index (χ4v) is 4.12. The Morgan fingerprint density at radius 1 is 1.10 bits per heavy atom. The van der Waals surface area contributed by atoms with Crippen LogP contribution in [-0.2, 0) is 13.2 Å². The van der Waals surface area contributed by atoms with Crippen molar-refractivity contribution in [3.8, 4) is 5.75 Å². The van der Waals surface area contributed by atoms with Gasteiger partial charge < -0.3 is 10.1 Å². The molecule has 150 valence electrons. The Morgan fingerprint density at radius 3 is 2.62 bits per heavy atom. The van der Waals surface area contributed by atoms with Crippen LogP contribution in [0.25, 0.3) is 0 Å². The number of carbonyl (C=O) groups excluding carboxylic acids is 1. The van der Waals surface area contributed by atoms with Gasteiger partial charge in [0, 0.05) is 31.9 Å². The van der Waals surface area contributed by atoms with E-state index < -0.39 is 0 Å². The number of piperidine rings is 1. The van der Waals surface area contributed by atoms with E-state index in [1.165, 1.54) is 16.9 Å². The van der Waals surface area contributed by atoms with Crippen molar-refractivity contribution < 1.29 is 9.53 Å². The van der Waals surface area contributed by atoms with Gasteiger partial charge in [-0.25, -0.2) is 0 Å². The number of pyridine rings is 1. The number of hydrogen-bond donors (Lipinski definition) is 1. The summed E-state index contributed by atoms with van der Waals surface area (Å²) in [6.07, 6.45) is 3.75. The predicted molar refractivity (Wildman–Crippen MR) is 115 cm³/mol. The lowest BCUT2D eigenvalue weighted by Crippen LogP contribution is -2.44. The van der Waals surface area contributed by atoms with E-state index in [2.05, 4.69) is 27.3 Å². The maximum atomic E-state index is 12.2. The Morgan fingerprint density at radius 2 is 1.93 bits per heavy atom. The normalized spacial score (nSPS) is 15.2. The zero-order valence-corrected chi connectivity index (χ0v) is 17.1. The van der Waals surface area contributed by atoms with Gasteiger partial charge in [0.25, 0.3) is 5.91 Å². The van der Waals surface area contributed by atoms with Crippen LogP contribution < -0.4 is 10.1 Å². The summed E-state index contributed by atoms with van der Waals surface area (Å²) in [6.45, 7) is 3.39. The van der Waals surface area contributed by atoms with Crippen molar-refractivity contribution >= 4 is 17.2 Å². The summed E-state index contributed by atoms with van der Waals surface area (Å²) in [5, 5.41) is 5.10. The fourth-order valence-electron chi connectivity index (χ4n) is 3.49. The van der Waals surface area contributed by atoms with Gasteiger partial charge in [-0.05, 0) is 54.1 Å². The third-order valence-electron chi connectivity index (χ3n) is 5.11. The zero-order valence-electron chi connectivity index (χ0n) is 16.3. The van der Waals surface area contributed by atoms with E-state index in [1.54, 1.807) is 6.20 Å². The first-order valence-electron chi connectivity index (χ1n) is 9.94. The molecule has 1 fully saturated rings. The molecule has 1 amide bonds. The van der Waals surface area contributed by atoms with E-state index in [0.29, 0.717) is 6.61 Å². The Labute approximate surface area is 175 Å². The third kappa shape index (κ3) is 5.65. The first-order chi connectivity index (χ1) is 14.3. The molecule has 5 nitrogen and oxygen atoms in total. The van der Waals surface area contributed by atoms with E-state index in [4.69, 9.17) is 4.74 Å². The number of rotatable bonds is 7. The second-order valence-electron chi connectivity index (χ2n) is 7.25. The predicted octanol–water partition coefficient (Wildman–Crippen LogP) is 4.12. The number of ether oxygens (including phenoxy) is 1. The average Bonchev–Trinajstić information content (AvgIpc) is 3.31. The minimum absolute atomic E-state index is 0.0553. The molecule has 4 rings (SSSR count). The Kier molecular flexibility index (Phi) is 6.54. The molecule has 3 heterocycles. The van der Waals surface area contributed by atoms with E-state index in [1.807, 2.05) is 47.8 Å². The Bertz CT molecular complexity index is 890. The van der Waals surface area contributed by atoms with Crippen LogP contribution in [0, 0.1) is 0 Å². The molecule has 0 saturated carbocycles. The smallest absolute Gasteiger partial charge is 0.261 e. The lowest BCUT2D eigenvalue weighted by Gasteiger charge is -2.32. The summed E-state index contributed by atoms with van der Waals surface area (Å²) in [7, 11) is 0. The first-order valence-corrected chi connectivity index (χ1v) is 10.8. The zero-order chi connectivity index (χ0) is 19.9. The molecule has 0 radical (unpaired) electrons. The number of carbonyl (C=O) groups is 1. The van der Waals surface area contributed by atoms with Crippen LogP contribution in [0.15, 0.2) is 66.2 Å². The van der Waals surface area contributed by atoms with Crippen molar-refractivity contribution in [3.05, 3.63) is 82.3 Å². The molecule has 1 saturated heterocycles. The van der Waals surface area contributed by atoms with Crippen molar-refractivity contribution in [1.82, 2.24) is 15.2 Å².